The van der Waals surface area contributed by atoms with Crippen LogP contribution in [-0.4, -0.2) is 11.3 Å². The van der Waals surface area contributed by atoms with E-state index in [4.69, 9.17) is 0 Å². The predicted molar refractivity (Wildman–Crippen MR) is 56.3 cm³/mol. The second-order valence-corrected chi connectivity index (χ2v) is 3.43. The molecule has 0 spiro atoms. The van der Waals surface area contributed by atoms with Crippen LogP contribution >= 0.6 is 0 Å². The number of pyridine rings is 1. The van der Waals surface area contributed by atoms with Gasteiger partial charge < -0.3 is 4.74 Å². The Balaban J connectivity index is 2.22. The third-order valence-electron chi connectivity index (χ3n) is 2.11. The lowest BCUT2D eigenvalue weighted by molar-refractivity contribution is -0.274. The highest BCUT2D eigenvalue weighted by Crippen LogP contribution is 2.25. The Morgan fingerprint density at radius 1 is 1.00 bits per heavy atom. The average molecular weight is 257 g/mol. The molecule has 0 aliphatic heterocycles. The first-order chi connectivity index (χ1) is 8.44. The number of ether oxygens (including phenoxy) is 1. The maximum atomic E-state index is 12.9. The Labute approximate surface area is 99.8 Å². The molecule has 0 saturated carbocycles. The zero-order chi connectivity index (χ0) is 13.2. The van der Waals surface area contributed by atoms with Crippen molar-refractivity contribution in [2.24, 2.45) is 0 Å². The minimum absolute atomic E-state index is 0.331. The van der Waals surface area contributed by atoms with E-state index in [0.29, 0.717) is 11.3 Å². The van der Waals surface area contributed by atoms with Crippen molar-refractivity contribution >= 4 is 0 Å². The van der Waals surface area contributed by atoms with Gasteiger partial charge >= 0.3 is 6.36 Å². The van der Waals surface area contributed by atoms with Gasteiger partial charge in [-0.3, -0.25) is 4.98 Å². The summed E-state index contributed by atoms with van der Waals surface area (Å²) in [5.74, 6) is -0.793. The number of hydrogen-bond acceptors (Lipinski definition) is 2. The first-order valence-electron chi connectivity index (χ1n) is 4.92. The molecule has 1 aromatic heterocycles. The van der Waals surface area contributed by atoms with E-state index in [-0.39, 0.29) is 5.75 Å². The summed E-state index contributed by atoms with van der Waals surface area (Å²) < 4.78 is 52.5. The van der Waals surface area contributed by atoms with Crippen molar-refractivity contribution in [3.05, 3.63) is 48.4 Å². The van der Waals surface area contributed by atoms with Crippen LogP contribution in [0.4, 0.5) is 17.6 Å². The number of benzene rings is 1. The topological polar surface area (TPSA) is 22.1 Å². The van der Waals surface area contributed by atoms with E-state index >= 15 is 0 Å². The molecule has 0 atom stereocenters. The van der Waals surface area contributed by atoms with Crippen molar-refractivity contribution in [3.63, 3.8) is 0 Å². The van der Waals surface area contributed by atoms with Gasteiger partial charge in [0.25, 0.3) is 0 Å². The molecular weight excluding hydrogens is 250 g/mol. The number of hydrogen-bond donors (Lipinski definition) is 0. The Bertz CT molecular complexity index is 537. The normalized spacial score (nSPS) is 11.3. The molecule has 0 saturated heterocycles. The Kier molecular flexibility index (Phi) is 3.18. The molecule has 2 rings (SSSR count). The molecule has 0 N–H and O–H groups in total. The molecule has 1 aromatic carbocycles. The zero-order valence-corrected chi connectivity index (χ0v) is 8.91. The van der Waals surface area contributed by atoms with Gasteiger partial charge in [0.15, 0.2) is 0 Å². The lowest BCUT2D eigenvalue weighted by Crippen LogP contribution is -2.16. The Hall–Kier alpha value is -2.11. The molecule has 0 bridgehead atoms. The van der Waals surface area contributed by atoms with E-state index in [1.165, 1.54) is 30.5 Å². The van der Waals surface area contributed by atoms with Gasteiger partial charge in [0.2, 0.25) is 0 Å². The van der Waals surface area contributed by atoms with Gasteiger partial charge in [-0.25, -0.2) is 4.39 Å². The molecule has 6 heteroatoms. The summed E-state index contributed by atoms with van der Waals surface area (Å²) in [4.78, 5) is 3.91. The lowest BCUT2D eigenvalue weighted by Gasteiger charge is -2.09. The number of aromatic nitrogens is 1. The molecule has 0 radical (unpaired) electrons. The summed E-state index contributed by atoms with van der Waals surface area (Å²) in [5.41, 5.74) is 0.845. The molecule has 18 heavy (non-hydrogen) atoms. The standard InChI is InChI=1S/C12H7F4NO/c13-9-5-6-17-11(7-9)8-1-3-10(4-2-8)18-12(14,15)16/h1-7H. The van der Waals surface area contributed by atoms with Crippen molar-refractivity contribution in [1.29, 1.82) is 0 Å². The molecule has 2 nitrogen and oxygen atoms in total. The van der Waals surface area contributed by atoms with Gasteiger partial charge in [0.1, 0.15) is 11.6 Å². The fourth-order valence-corrected chi connectivity index (χ4v) is 1.39. The molecule has 0 aliphatic rings. The first kappa shape index (κ1) is 12.3. The van der Waals surface area contributed by atoms with E-state index in [1.807, 2.05) is 0 Å². The van der Waals surface area contributed by atoms with Gasteiger partial charge in [0, 0.05) is 17.8 Å². The largest absolute Gasteiger partial charge is 0.573 e. The minimum Gasteiger partial charge on any atom is -0.406 e. The molecule has 94 valence electrons. The predicted octanol–water partition coefficient (Wildman–Crippen LogP) is 3.79. The van der Waals surface area contributed by atoms with E-state index in [1.54, 1.807) is 0 Å². The smallest absolute Gasteiger partial charge is 0.406 e. The quantitative estimate of drug-likeness (QED) is 0.764. The van der Waals surface area contributed by atoms with Gasteiger partial charge in [-0.2, -0.15) is 0 Å². The molecule has 0 amide bonds. The van der Waals surface area contributed by atoms with Crippen molar-refractivity contribution in [3.8, 4) is 17.0 Å². The van der Waals surface area contributed by atoms with Crippen molar-refractivity contribution < 1.29 is 22.3 Å². The maximum Gasteiger partial charge on any atom is 0.573 e. The van der Waals surface area contributed by atoms with Crippen molar-refractivity contribution in [2.45, 2.75) is 6.36 Å². The molecule has 0 fully saturated rings. The Morgan fingerprint density at radius 2 is 1.67 bits per heavy atom. The fourth-order valence-electron chi connectivity index (χ4n) is 1.39. The summed E-state index contributed by atoms with van der Waals surface area (Å²) in [6, 6.07) is 7.43. The minimum atomic E-state index is -4.72. The van der Waals surface area contributed by atoms with Crippen LogP contribution in [0.3, 0.4) is 0 Å². The van der Waals surface area contributed by atoms with Crippen LogP contribution in [0.5, 0.6) is 5.75 Å². The second kappa shape index (κ2) is 4.64. The highest BCUT2D eigenvalue weighted by molar-refractivity contribution is 5.59. The van der Waals surface area contributed by atoms with E-state index < -0.39 is 12.2 Å². The van der Waals surface area contributed by atoms with Crippen LogP contribution in [0.15, 0.2) is 42.6 Å². The number of rotatable bonds is 2. The third-order valence-corrected chi connectivity index (χ3v) is 2.11. The first-order valence-corrected chi connectivity index (χ1v) is 4.92. The van der Waals surface area contributed by atoms with Crippen LogP contribution in [0, 0.1) is 5.82 Å². The highest BCUT2D eigenvalue weighted by Gasteiger charge is 2.30. The lowest BCUT2D eigenvalue weighted by atomic mass is 10.1. The van der Waals surface area contributed by atoms with E-state index in [2.05, 4.69) is 9.72 Å². The fraction of sp³-hybridized carbons (Fsp3) is 0.0833. The molecule has 1 heterocycles. The van der Waals surface area contributed by atoms with Crippen LogP contribution < -0.4 is 4.74 Å². The van der Waals surface area contributed by atoms with Crippen LogP contribution in [0.2, 0.25) is 0 Å². The van der Waals surface area contributed by atoms with Gasteiger partial charge in [-0.05, 0) is 30.3 Å². The summed E-state index contributed by atoms with van der Waals surface area (Å²) in [5, 5.41) is 0. The number of halogens is 4. The monoisotopic (exact) mass is 257 g/mol. The second-order valence-electron chi connectivity index (χ2n) is 3.43. The number of alkyl halides is 3. The summed E-state index contributed by atoms with van der Waals surface area (Å²) >= 11 is 0. The molecular formula is C12H7F4NO. The summed E-state index contributed by atoms with van der Waals surface area (Å²) in [6.45, 7) is 0. The average Bonchev–Trinajstić information content (AvgIpc) is 2.28. The SMILES string of the molecule is Fc1ccnc(-c2ccc(OC(F)(F)F)cc2)c1. The van der Waals surface area contributed by atoms with Crippen LogP contribution in [0.25, 0.3) is 11.3 Å². The third kappa shape index (κ3) is 3.19. The van der Waals surface area contributed by atoms with Gasteiger partial charge in [0.05, 0.1) is 5.69 Å². The van der Waals surface area contributed by atoms with Gasteiger partial charge in [-0.15, -0.1) is 13.2 Å². The Morgan fingerprint density at radius 3 is 2.22 bits per heavy atom. The zero-order valence-electron chi connectivity index (χ0n) is 8.91. The van der Waals surface area contributed by atoms with E-state index in [0.717, 1.165) is 12.1 Å². The maximum absolute atomic E-state index is 12.9. The summed E-state index contributed by atoms with van der Waals surface area (Å²) in [6.07, 6.45) is -3.44. The van der Waals surface area contributed by atoms with Gasteiger partial charge in [-0.1, -0.05) is 0 Å². The highest BCUT2D eigenvalue weighted by atomic mass is 19.4. The molecule has 0 unspecified atom stereocenters. The number of nitrogens with zero attached hydrogens (tertiary/aromatic N) is 1. The van der Waals surface area contributed by atoms with Crippen LogP contribution in [-0.2, 0) is 0 Å². The summed E-state index contributed by atoms with van der Waals surface area (Å²) in [7, 11) is 0. The van der Waals surface area contributed by atoms with E-state index in [9.17, 15) is 17.6 Å². The van der Waals surface area contributed by atoms with Crippen LogP contribution in [0.1, 0.15) is 0 Å². The molecule has 0 aliphatic carbocycles. The molecule has 2 aromatic rings. The van der Waals surface area contributed by atoms with Crippen molar-refractivity contribution in [2.75, 3.05) is 0 Å². The van der Waals surface area contributed by atoms with Crippen molar-refractivity contribution in [1.82, 2.24) is 4.98 Å².